The van der Waals surface area contributed by atoms with E-state index < -0.39 is 5.60 Å². The van der Waals surface area contributed by atoms with E-state index in [1.54, 1.807) is 13.3 Å². The van der Waals surface area contributed by atoms with Crippen molar-refractivity contribution in [3.63, 3.8) is 0 Å². The summed E-state index contributed by atoms with van der Waals surface area (Å²) in [6.45, 7) is 1.11. The predicted molar refractivity (Wildman–Crippen MR) is 75.9 cm³/mol. The van der Waals surface area contributed by atoms with E-state index >= 15 is 0 Å². The molecule has 1 aromatic carbocycles. The fourth-order valence-electron chi connectivity index (χ4n) is 2.68. The number of hydrogen-bond donors (Lipinski definition) is 0. The van der Waals surface area contributed by atoms with E-state index in [-0.39, 0.29) is 5.78 Å². The van der Waals surface area contributed by atoms with Gasteiger partial charge in [-0.2, -0.15) is 0 Å². The number of methoxy groups -OCH3 is 1. The second-order valence-corrected chi connectivity index (χ2v) is 5.06. The van der Waals surface area contributed by atoms with Gasteiger partial charge in [0.25, 0.3) is 0 Å². The minimum absolute atomic E-state index is 0.00144. The Kier molecular flexibility index (Phi) is 3.51. The van der Waals surface area contributed by atoms with Crippen LogP contribution in [0.5, 0.6) is 0 Å². The highest BCUT2D eigenvalue weighted by molar-refractivity contribution is 6.04. The van der Waals surface area contributed by atoms with Crippen LogP contribution >= 0.6 is 0 Å². The lowest BCUT2D eigenvalue weighted by molar-refractivity contribution is -0.0663. The van der Waals surface area contributed by atoms with Crippen molar-refractivity contribution >= 4 is 16.7 Å². The molecule has 4 heteroatoms. The van der Waals surface area contributed by atoms with Crippen molar-refractivity contribution in [1.29, 1.82) is 0 Å². The van der Waals surface area contributed by atoms with Gasteiger partial charge in [0.1, 0.15) is 5.60 Å². The van der Waals surface area contributed by atoms with Gasteiger partial charge in [-0.25, -0.2) is 0 Å². The van der Waals surface area contributed by atoms with Crippen LogP contribution in [0.25, 0.3) is 10.9 Å². The van der Waals surface area contributed by atoms with Crippen LogP contribution in [-0.2, 0) is 9.47 Å². The van der Waals surface area contributed by atoms with Crippen molar-refractivity contribution in [2.75, 3.05) is 20.3 Å². The van der Waals surface area contributed by atoms with E-state index in [9.17, 15) is 4.79 Å². The molecule has 3 rings (SSSR count). The Balaban J connectivity index is 1.98. The van der Waals surface area contributed by atoms with E-state index in [0.29, 0.717) is 31.6 Å². The Labute approximate surface area is 117 Å². The molecule has 0 atom stereocenters. The van der Waals surface area contributed by atoms with Crippen LogP contribution in [0.1, 0.15) is 23.2 Å². The van der Waals surface area contributed by atoms with Gasteiger partial charge in [0.05, 0.1) is 5.52 Å². The molecule has 1 aliphatic rings. The van der Waals surface area contributed by atoms with Gasteiger partial charge in [0, 0.05) is 50.3 Å². The molecule has 1 aromatic heterocycles. The number of carbonyl (C=O) groups is 1. The smallest absolute Gasteiger partial charge is 0.196 e. The molecule has 2 aromatic rings. The number of aromatic nitrogens is 1. The summed E-state index contributed by atoms with van der Waals surface area (Å²) in [4.78, 5) is 17.1. The monoisotopic (exact) mass is 271 g/mol. The molecule has 0 radical (unpaired) electrons. The van der Waals surface area contributed by atoms with E-state index in [4.69, 9.17) is 9.47 Å². The number of para-hydroxylation sites is 1. The van der Waals surface area contributed by atoms with Crippen molar-refractivity contribution in [3.8, 4) is 0 Å². The number of fused-ring (bicyclic) bond motifs is 1. The molecule has 0 amide bonds. The van der Waals surface area contributed by atoms with Crippen LogP contribution in [0.2, 0.25) is 0 Å². The van der Waals surface area contributed by atoms with Crippen molar-refractivity contribution < 1.29 is 14.3 Å². The Hall–Kier alpha value is -1.78. The summed E-state index contributed by atoms with van der Waals surface area (Å²) >= 11 is 0. The van der Waals surface area contributed by atoms with Crippen LogP contribution in [0.15, 0.2) is 36.5 Å². The third-order valence-electron chi connectivity index (χ3n) is 3.96. The van der Waals surface area contributed by atoms with Crippen LogP contribution in [0.3, 0.4) is 0 Å². The standard InChI is InChI=1S/C16H17NO3/c1-19-16(6-8-20-9-7-16)15(18)13-10-12-4-2-3-5-14(12)17-11-13/h2-5,10-11H,6-9H2,1H3. The van der Waals surface area contributed by atoms with E-state index in [0.717, 1.165) is 10.9 Å². The molecule has 20 heavy (non-hydrogen) atoms. The lowest BCUT2D eigenvalue weighted by Gasteiger charge is -2.34. The molecule has 0 unspecified atom stereocenters. The molecular weight excluding hydrogens is 254 g/mol. The molecule has 2 heterocycles. The summed E-state index contributed by atoms with van der Waals surface area (Å²) in [6.07, 6.45) is 2.82. The highest BCUT2D eigenvalue weighted by atomic mass is 16.5. The number of Topliss-reactive ketones (excluding diaryl/α,β-unsaturated/α-hetero) is 1. The second kappa shape index (κ2) is 5.31. The number of benzene rings is 1. The Morgan fingerprint density at radius 2 is 2.05 bits per heavy atom. The molecule has 1 fully saturated rings. The zero-order valence-corrected chi connectivity index (χ0v) is 11.5. The summed E-state index contributed by atoms with van der Waals surface area (Å²) in [5.74, 6) is 0.00144. The zero-order chi connectivity index (χ0) is 14.0. The van der Waals surface area contributed by atoms with Gasteiger partial charge in [0.15, 0.2) is 5.78 Å². The quantitative estimate of drug-likeness (QED) is 0.805. The molecular formula is C16H17NO3. The first-order valence-electron chi connectivity index (χ1n) is 6.78. The van der Waals surface area contributed by atoms with Crippen molar-refractivity contribution in [2.24, 2.45) is 0 Å². The van der Waals surface area contributed by atoms with Gasteiger partial charge >= 0.3 is 0 Å². The second-order valence-electron chi connectivity index (χ2n) is 5.06. The first-order chi connectivity index (χ1) is 9.75. The zero-order valence-electron chi connectivity index (χ0n) is 11.5. The lowest BCUT2D eigenvalue weighted by atomic mass is 9.86. The predicted octanol–water partition coefficient (Wildman–Crippen LogP) is 2.61. The number of ketones is 1. The van der Waals surface area contributed by atoms with Crippen LogP contribution in [-0.4, -0.2) is 36.7 Å². The van der Waals surface area contributed by atoms with E-state index in [2.05, 4.69) is 4.98 Å². The van der Waals surface area contributed by atoms with Gasteiger partial charge in [0.2, 0.25) is 0 Å². The summed E-state index contributed by atoms with van der Waals surface area (Å²) in [6, 6.07) is 9.67. The number of pyridine rings is 1. The first-order valence-corrected chi connectivity index (χ1v) is 6.78. The van der Waals surface area contributed by atoms with Gasteiger partial charge in [-0.15, -0.1) is 0 Å². The lowest BCUT2D eigenvalue weighted by Crippen LogP contribution is -2.45. The molecule has 0 bridgehead atoms. The Bertz CT molecular complexity index is 632. The number of rotatable bonds is 3. The maximum absolute atomic E-state index is 12.8. The molecule has 0 spiro atoms. The van der Waals surface area contributed by atoms with Crippen molar-refractivity contribution in [1.82, 2.24) is 4.98 Å². The molecule has 104 valence electrons. The fourth-order valence-corrected chi connectivity index (χ4v) is 2.68. The number of hydrogen-bond acceptors (Lipinski definition) is 4. The van der Waals surface area contributed by atoms with Gasteiger partial charge in [-0.3, -0.25) is 9.78 Å². The number of ether oxygens (including phenoxy) is 2. The summed E-state index contributed by atoms with van der Waals surface area (Å²) in [5, 5.41) is 0.969. The Morgan fingerprint density at radius 1 is 1.30 bits per heavy atom. The summed E-state index contributed by atoms with van der Waals surface area (Å²) < 4.78 is 10.9. The minimum atomic E-state index is -0.762. The third kappa shape index (κ3) is 2.21. The maximum Gasteiger partial charge on any atom is 0.196 e. The molecule has 1 aliphatic heterocycles. The van der Waals surface area contributed by atoms with Crippen LogP contribution in [0.4, 0.5) is 0 Å². The average Bonchev–Trinajstić information content (AvgIpc) is 2.54. The minimum Gasteiger partial charge on any atom is -0.381 e. The van der Waals surface area contributed by atoms with Crippen molar-refractivity contribution in [2.45, 2.75) is 18.4 Å². The molecule has 1 saturated heterocycles. The van der Waals surface area contributed by atoms with Crippen molar-refractivity contribution in [3.05, 3.63) is 42.1 Å². The number of nitrogens with zero attached hydrogens (tertiary/aromatic N) is 1. The molecule has 4 nitrogen and oxygen atoms in total. The SMILES string of the molecule is COC1(C(=O)c2cnc3ccccc3c2)CCOCC1. The summed E-state index contributed by atoms with van der Waals surface area (Å²) in [7, 11) is 1.59. The highest BCUT2D eigenvalue weighted by Crippen LogP contribution is 2.29. The first kappa shape index (κ1) is 13.2. The van der Waals surface area contributed by atoms with E-state index in [1.165, 1.54) is 0 Å². The summed E-state index contributed by atoms with van der Waals surface area (Å²) in [5.41, 5.74) is 0.734. The molecule has 0 aliphatic carbocycles. The van der Waals surface area contributed by atoms with E-state index in [1.807, 2.05) is 30.3 Å². The topological polar surface area (TPSA) is 48.4 Å². The molecule has 0 saturated carbocycles. The average molecular weight is 271 g/mol. The van der Waals surface area contributed by atoms with Gasteiger partial charge in [-0.05, 0) is 12.1 Å². The highest BCUT2D eigenvalue weighted by Gasteiger charge is 2.40. The molecule has 0 N–H and O–H groups in total. The van der Waals surface area contributed by atoms with Gasteiger partial charge < -0.3 is 9.47 Å². The Morgan fingerprint density at radius 3 is 2.80 bits per heavy atom. The number of carbonyl (C=O) groups excluding carboxylic acids is 1. The normalized spacial score (nSPS) is 18.1. The maximum atomic E-state index is 12.8. The largest absolute Gasteiger partial charge is 0.381 e. The van der Waals surface area contributed by atoms with Crippen LogP contribution < -0.4 is 0 Å². The fraction of sp³-hybridized carbons (Fsp3) is 0.375. The third-order valence-corrected chi connectivity index (χ3v) is 3.96. The van der Waals surface area contributed by atoms with Gasteiger partial charge in [-0.1, -0.05) is 18.2 Å². The van der Waals surface area contributed by atoms with Crippen LogP contribution in [0, 0.1) is 0 Å².